The number of morpholine rings is 1. The van der Waals surface area contributed by atoms with Gasteiger partial charge in [0.2, 0.25) is 0 Å². The molecule has 3 atom stereocenters. The third-order valence-electron chi connectivity index (χ3n) is 4.33. The van der Waals surface area contributed by atoms with Gasteiger partial charge in [-0.05, 0) is 31.0 Å². The molecule has 3 rings (SSSR count). The number of benzene rings is 2. The molecule has 1 aliphatic heterocycles. The summed E-state index contributed by atoms with van der Waals surface area (Å²) in [4.78, 5) is 0. The summed E-state index contributed by atoms with van der Waals surface area (Å²) in [5.41, 5.74) is 2.67. The van der Waals surface area contributed by atoms with Crippen LogP contribution >= 0.6 is 0 Å². The van der Waals surface area contributed by atoms with Gasteiger partial charge in [-0.15, -0.1) is 0 Å². The van der Waals surface area contributed by atoms with Gasteiger partial charge in [-0.3, -0.25) is 0 Å². The maximum atomic E-state index is 5.71. The van der Waals surface area contributed by atoms with Gasteiger partial charge in [-0.1, -0.05) is 67.6 Å². The summed E-state index contributed by atoms with van der Waals surface area (Å²) in [6, 6.07) is 21.4. The van der Waals surface area contributed by atoms with Crippen LogP contribution in [0.3, 0.4) is 0 Å². The third-order valence-corrected chi connectivity index (χ3v) is 4.33. The van der Waals surface area contributed by atoms with E-state index in [9.17, 15) is 0 Å². The van der Waals surface area contributed by atoms with E-state index in [1.54, 1.807) is 0 Å². The predicted octanol–water partition coefficient (Wildman–Crippen LogP) is 3.75. The predicted molar refractivity (Wildman–Crippen MR) is 101 cm³/mol. The van der Waals surface area contributed by atoms with Crippen molar-refractivity contribution in [3.8, 4) is 0 Å². The van der Waals surface area contributed by atoms with Crippen LogP contribution in [0.1, 0.15) is 37.0 Å². The quantitative estimate of drug-likeness (QED) is 0.898. The van der Waals surface area contributed by atoms with E-state index < -0.39 is 0 Å². The van der Waals surface area contributed by atoms with Gasteiger partial charge in [0.25, 0.3) is 0 Å². The molecule has 2 aromatic rings. The number of hydrogen-bond acceptors (Lipinski definition) is 3. The van der Waals surface area contributed by atoms with Gasteiger partial charge in [0, 0.05) is 19.1 Å². The molecule has 1 heterocycles. The molecule has 2 aromatic carbocycles. The lowest BCUT2D eigenvalue weighted by atomic mass is 10.0. The average Bonchev–Trinajstić information content (AvgIpc) is 2.64. The lowest BCUT2D eigenvalue weighted by Crippen LogP contribution is -2.41. The van der Waals surface area contributed by atoms with Crippen molar-refractivity contribution in [3.05, 3.63) is 71.8 Å². The first kappa shape index (κ1) is 18.7. The minimum absolute atomic E-state index is 0.218. The van der Waals surface area contributed by atoms with E-state index in [0.717, 1.165) is 19.7 Å². The fourth-order valence-corrected chi connectivity index (χ4v) is 2.96. The van der Waals surface area contributed by atoms with Crippen LogP contribution in [0.2, 0.25) is 0 Å². The van der Waals surface area contributed by atoms with E-state index in [2.05, 4.69) is 79.1 Å². The standard InChI is InChI=1S/C11H15NO.C10H15N/c1-9-11(13-8-7-12-9)10-5-3-2-4-6-10;1-9(8-11-2)10-6-4-3-5-7-10/h2-6,9,11-12H,7-8H2,1H3;3-7,9,11H,8H2,1-2H3. The Bertz CT molecular complexity index is 559. The Balaban J connectivity index is 0.000000177. The van der Waals surface area contributed by atoms with E-state index in [1.807, 2.05) is 13.1 Å². The van der Waals surface area contributed by atoms with Crippen molar-refractivity contribution < 1.29 is 4.74 Å². The summed E-state index contributed by atoms with van der Waals surface area (Å²) in [6.45, 7) is 7.21. The van der Waals surface area contributed by atoms with Crippen LogP contribution < -0.4 is 10.6 Å². The molecule has 1 saturated heterocycles. The van der Waals surface area contributed by atoms with Gasteiger partial charge in [0.05, 0.1) is 12.7 Å². The summed E-state index contributed by atoms with van der Waals surface area (Å²) in [7, 11) is 1.99. The first-order valence-electron chi connectivity index (χ1n) is 8.82. The molecule has 24 heavy (non-hydrogen) atoms. The molecule has 1 aliphatic rings. The van der Waals surface area contributed by atoms with Gasteiger partial charge in [0.1, 0.15) is 0 Å². The summed E-state index contributed by atoms with van der Waals surface area (Å²) in [6.07, 6.45) is 0.218. The van der Waals surface area contributed by atoms with E-state index in [4.69, 9.17) is 4.74 Å². The smallest absolute Gasteiger partial charge is 0.0975 e. The van der Waals surface area contributed by atoms with Crippen molar-refractivity contribution in [3.63, 3.8) is 0 Å². The van der Waals surface area contributed by atoms with Gasteiger partial charge >= 0.3 is 0 Å². The average molecular weight is 326 g/mol. The number of ether oxygens (including phenoxy) is 1. The second-order valence-electron chi connectivity index (χ2n) is 6.31. The molecule has 3 unspecified atom stereocenters. The van der Waals surface area contributed by atoms with E-state index in [-0.39, 0.29) is 6.10 Å². The van der Waals surface area contributed by atoms with Crippen molar-refractivity contribution in [1.29, 1.82) is 0 Å². The first-order valence-corrected chi connectivity index (χ1v) is 8.82. The molecular formula is C21H30N2O. The Morgan fingerprint density at radius 1 is 1.08 bits per heavy atom. The summed E-state index contributed by atoms with van der Waals surface area (Å²) in [5, 5.41) is 6.57. The topological polar surface area (TPSA) is 33.3 Å². The Morgan fingerprint density at radius 3 is 2.29 bits per heavy atom. The van der Waals surface area contributed by atoms with Crippen LogP contribution in [-0.2, 0) is 4.74 Å². The molecule has 0 radical (unpaired) electrons. The normalized spacial score (nSPS) is 21.5. The highest BCUT2D eigenvalue weighted by atomic mass is 16.5. The molecule has 2 N–H and O–H groups in total. The van der Waals surface area contributed by atoms with Crippen LogP contribution in [0.4, 0.5) is 0 Å². The molecule has 3 nitrogen and oxygen atoms in total. The van der Waals surface area contributed by atoms with Gasteiger partial charge < -0.3 is 15.4 Å². The minimum atomic E-state index is 0.218. The monoisotopic (exact) mass is 326 g/mol. The summed E-state index contributed by atoms with van der Waals surface area (Å²) < 4.78 is 5.71. The Kier molecular flexibility index (Phi) is 7.96. The molecule has 0 aliphatic carbocycles. The van der Waals surface area contributed by atoms with E-state index in [0.29, 0.717) is 12.0 Å². The summed E-state index contributed by atoms with van der Waals surface area (Å²) >= 11 is 0. The van der Waals surface area contributed by atoms with Crippen molar-refractivity contribution in [2.24, 2.45) is 0 Å². The van der Waals surface area contributed by atoms with Gasteiger partial charge in [0.15, 0.2) is 0 Å². The Hall–Kier alpha value is -1.68. The fourth-order valence-electron chi connectivity index (χ4n) is 2.96. The molecular weight excluding hydrogens is 296 g/mol. The van der Waals surface area contributed by atoms with Crippen molar-refractivity contribution in [2.45, 2.75) is 31.9 Å². The molecule has 130 valence electrons. The van der Waals surface area contributed by atoms with Crippen LogP contribution in [0.5, 0.6) is 0 Å². The third kappa shape index (κ3) is 5.75. The fraction of sp³-hybridized carbons (Fsp3) is 0.429. The zero-order valence-corrected chi connectivity index (χ0v) is 15.0. The molecule has 3 heteroatoms. The SMILES string of the molecule is CC1NCCOC1c1ccccc1.CNCC(C)c1ccccc1. The molecule has 0 bridgehead atoms. The second kappa shape index (κ2) is 10.2. The largest absolute Gasteiger partial charge is 0.371 e. The number of hydrogen-bond donors (Lipinski definition) is 2. The van der Waals surface area contributed by atoms with Crippen LogP contribution in [-0.4, -0.2) is 32.8 Å². The zero-order valence-electron chi connectivity index (χ0n) is 15.0. The van der Waals surface area contributed by atoms with E-state index in [1.165, 1.54) is 11.1 Å². The maximum Gasteiger partial charge on any atom is 0.0975 e. The van der Waals surface area contributed by atoms with Crippen LogP contribution in [0.25, 0.3) is 0 Å². The molecule has 0 spiro atoms. The number of rotatable bonds is 4. The van der Waals surface area contributed by atoms with Crippen LogP contribution in [0, 0.1) is 0 Å². The highest BCUT2D eigenvalue weighted by molar-refractivity contribution is 5.20. The maximum absolute atomic E-state index is 5.71. The lowest BCUT2D eigenvalue weighted by Gasteiger charge is -2.30. The molecule has 0 aromatic heterocycles. The molecule has 0 saturated carbocycles. The van der Waals surface area contributed by atoms with Crippen LogP contribution in [0.15, 0.2) is 60.7 Å². The second-order valence-corrected chi connectivity index (χ2v) is 6.31. The molecule has 1 fully saturated rings. The van der Waals surface area contributed by atoms with Crippen molar-refractivity contribution in [1.82, 2.24) is 10.6 Å². The Labute approximate surface area is 146 Å². The first-order chi connectivity index (χ1) is 11.7. The number of nitrogens with one attached hydrogen (secondary N) is 2. The highest BCUT2D eigenvalue weighted by Crippen LogP contribution is 2.22. The van der Waals surface area contributed by atoms with E-state index >= 15 is 0 Å². The number of likely N-dealkylation sites (N-methyl/N-ethyl adjacent to an activating group) is 1. The summed E-state index contributed by atoms with van der Waals surface area (Å²) in [5.74, 6) is 0.612. The van der Waals surface area contributed by atoms with Gasteiger partial charge in [-0.25, -0.2) is 0 Å². The zero-order chi connectivity index (χ0) is 17.2. The van der Waals surface area contributed by atoms with Gasteiger partial charge in [-0.2, -0.15) is 0 Å². The highest BCUT2D eigenvalue weighted by Gasteiger charge is 2.22. The minimum Gasteiger partial charge on any atom is -0.371 e. The van der Waals surface area contributed by atoms with Crippen molar-refractivity contribution in [2.75, 3.05) is 26.7 Å². The Morgan fingerprint density at radius 2 is 1.71 bits per heavy atom. The molecule has 0 amide bonds. The lowest BCUT2D eigenvalue weighted by molar-refractivity contribution is -0.000221. The van der Waals surface area contributed by atoms with Crippen molar-refractivity contribution >= 4 is 0 Å².